The molecule has 5 heteroatoms. The van der Waals surface area contributed by atoms with E-state index in [4.69, 9.17) is 0 Å². The lowest BCUT2D eigenvalue weighted by Crippen LogP contribution is -2.41. The molecule has 0 amide bonds. The maximum atomic E-state index is 12.4. The monoisotopic (exact) mass is 265 g/mol. The van der Waals surface area contributed by atoms with Gasteiger partial charge in [0.25, 0.3) is 0 Å². The van der Waals surface area contributed by atoms with Gasteiger partial charge >= 0.3 is 6.18 Å². The van der Waals surface area contributed by atoms with Crippen LogP contribution in [0.15, 0.2) is 0 Å². The predicted molar refractivity (Wildman–Crippen MR) is 64.3 cm³/mol. The molecule has 0 aliphatic heterocycles. The third-order valence-electron chi connectivity index (χ3n) is 3.78. The molecule has 1 fully saturated rings. The predicted octanol–water partition coefficient (Wildman–Crippen LogP) is 3.27. The molecule has 0 aromatic carbocycles. The Morgan fingerprint density at radius 2 is 2.00 bits per heavy atom. The first-order chi connectivity index (χ1) is 8.35. The topological polar surface area (TPSA) is 20.3 Å². The van der Waals surface area contributed by atoms with Gasteiger partial charge in [0.05, 0.1) is 6.54 Å². The molecule has 1 aliphatic carbocycles. The van der Waals surface area contributed by atoms with Crippen molar-refractivity contribution < 1.29 is 18.0 Å². The Morgan fingerprint density at radius 1 is 1.33 bits per heavy atom. The summed E-state index contributed by atoms with van der Waals surface area (Å²) in [5.74, 6) is 0.434. The Hall–Kier alpha value is -0.580. The van der Waals surface area contributed by atoms with Crippen molar-refractivity contribution in [2.45, 2.75) is 45.7 Å². The molecule has 1 saturated carbocycles. The van der Waals surface area contributed by atoms with E-state index in [2.05, 4.69) is 6.92 Å². The quantitative estimate of drug-likeness (QED) is 0.760. The maximum Gasteiger partial charge on any atom is 0.401 e. The summed E-state index contributed by atoms with van der Waals surface area (Å²) in [6, 6.07) is 0. The molecular weight excluding hydrogens is 243 g/mol. The van der Waals surface area contributed by atoms with Gasteiger partial charge in [0, 0.05) is 18.9 Å². The minimum absolute atomic E-state index is 0.139. The number of Topliss-reactive ketones (excluding diaryl/α,β-unsaturated/α-hetero) is 1. The Balaban J connectivity index is 2.54. The Morgan fingerprint density at radius 3 is 2.50 bits per heavy atom. The average molecular weight is 265 g/mol. The molecule has 0 spiro atoms. The van der Waals surface area contributed by atoms with Crippen molar-refractivity contribution in [2.24, 2.45) is 11.8 Å². The van der Waals surface area contributed by atoms with Gasteiger partial charge in [-0.05, 0) is 25.3 Å². The standard InChI is InChI=1S/C13H22F3NO/c1-3-10-5-6-12(18)11(7-10)8-17(4-2)9-13(14,15)16/h10-11H,3-9H2,1-2H3. The summed E-state index contributed by atoms with van der Waals surface area (Å²) >= 11 is 0. The Labute approximate surface area is 107 Å². The van der Waals surface area contributed by atoms with E-state index in [0.29, 0.717) is 18.9 Å². The molecular formula is C13H22F3NO. The molecule has 0 saturated heterocycles. The molecule has 18 heavy (non-hydrogen) atoms. The number of alkyl halides is 3. The Bertz CT molecular complexity index is 278. The smallest absolute Gasteiger partial charge is 0.299 e. The van der Waals surface area contributed by atoms with Gasteiger partial charge in [-0.1, -0.05) is 20.3 Å². The van der Waals surface area contributed by atoms with Crippen molar-refractivity contribution >= 4 is 5.78 Å². The van der Waals surface area contributed by atoms with Crippen molar-refractivity contribution in [1.29, 1.82) is 0 Å². The molecule has 1 aliphatic rings. The summed E-state index contributed by atoms with van der Waals surface area (Å²) < 4.78 is 37.1. The first kappa shape index (κ1) is 15.5. The summed E-state index contributed by atoms with van der Waals surface area (Å²) in [6.07, 6.45) is -0.985. The number of carbonyl (C=O) groups excluding carboxylic acids is 1. The van der Waals surface area contributed by atoms with E-state index in [-0.39, 0.29) is 18.2 Å². The minimum Gasteiger partial charge on any atom is -0.299 e. The number of rotatable bonds is 5. The summed E-state index contributed by atoms with van der Waals surface area (Å²) in [5.41, 5.74) is 0. The van der Waals surface area contributed by atoms with Crippen LogP contribution in [-0.2, 0) is 4.79 Å². The van der Waals surface area contributed by atoms with Gasteiger partial charge in [-0.2, -0.15) is 13.2 Å². The largest absolute Gasteiger partial charge is 0.401 e. The van der Waals surface area contributed by atoms with E-state index in [0.717, 1.165) is 19.3 Å². The molecule has 0 heterocycles. The van der Waals surface area contributed by atoms with Gasteiger partial charge in [0.2, 0.25) is 0 Å². The first-order valence-electron chi connectivity index (χ1n) is 6.67. The molecule has 0 bridgehead atoms. The van der Waals surface area contributed by atoms with Crippen molar-refractivity contribution in [3.63, 3.8) is 0 Å². The lowest BCUT2D eigenvalue weighted by Gasteiger charge is -2.31. The highest BCUT2D eigenvalue weighted by atomic mass is 19.4. The van der Waals surface area contributed by atoms with Crippen LogP contribution < -0.4 is 0 Å². The van der Waals surface area contributed by atoms with Crippen LogP contribution in [0, 0.1) is 11.8 Å². The zero-order valence-electron chi connectivity index (χ0n) is 11.1. The molecule has 0 aromatic rings. The van der Waals surface area contributed by atoms with Crippen LogP contribution in [0.2, 0.25) is 0 Å². The third kappa shape index (κ3) is 4.96. The second-order valence-electron chi connectivity index (χ2n) is 5.15. The van der Waals surface area contributed by atoms with Crippen LogP contribution in [0.5, 0.6) is 0 Å². The number of hydrogen-bond donors (Lipinski definition) is 0. The van der Waals surface area contributed by atoms with E-state index in [1.165, 1.54) is 4.90 Å². The fourth-order valence-corrected chi connectivity index (χ4v) is 2.62. The van der Waals surface area contributed by atoms with Crippen molar-refractivity contribution in [2.75, 3.05) is 19.6 Å². The van der Waals surface area contributed by atoms with Gasteiger partial charge in [0.15, 0.2) is 0 Å². The van der Waals surface area contributed by atoms with Crippen LogP contribution in [0.4, 0.5) is 13.2 Å². The van der Waals surface area contributed by atoms with E-state index in [9.17, 15) is 18.0 Å². The maximum absolute atomic E-state index is 12.4. The molecule has 0 N–H and O–H groups in total. The number of carbonyl (C=O) groups is 1. The van der Waals surface area contributed by atoms with Crippen molar-refractivity contribution in [3.05, 3.63) is 0 Å². The van der Waals surface area contributed by atoms with Crippen LogP contribution >= 0.6 is 0 Å². The van der Waals surface area contributed by atoms with Crippen molar-refractivity contribution in [3.8, 4) is 0 Å². The number of hydrogen-bond acceptors (Lipinski definition) is 2. The summed E-state index contributed by atoms with van der Waals surface area (Å²) in [7, 11) is 0. The van der Waals surface area contributed by atoms with E-state index >= 15 is 0 Å². The van der Waals surface area contributed by atoms with Gasteiger partial charge < -0.3 is 0 Å². The van der Waals surface area contributed by atoms with Gasteiger partial charge in [0.1, 0.15) is 5.78 Å². The molecule has 1 rings (SSSR count). The van der Waals surface area contributed by atoms with Crippen LogP contribution in [0.3, 0.4) is 0 Å². The highest BCUT2D eigenvalue weighted by molar-refractivity contribution is 5.81. The SMILES string of the molecule is CCC1CCC(=O)C(CN(CC)CC(F)(F)F)C1. The summed E-state index contributed by atoms with van der Waals surface area (Å²) in [6.45, 7) is 3.46. The highest BCUT2D eigenvalue weighted by Gasteiger charge is 2.34. The first-order valence-corrected chi connectivity index (χ1v) is 6.67. The third-order valence-corrected chi connectivity index (χ3v) is 3.78. The van der Waals surface area contributed by atoms with Gasteiger partial charge in [-0.25, -0.2) is 0 Å². The molecule has 0 radical (unpaired) electrons. The summed E-state index contributed by atoms with van der Waals surface area (Å²) in [4.78, 5) is 13.1. The van der Waals surface area contributed by atoms with E-state index in [1.54, 1.807) is 6.92 Å². The molecule has 2 nitrogen and oxygen atoms in total. The summed E-state index contributed by atoms with van der Waals surface area (Å²) in [5, 5.41) is 0. The van der Waals surface area contributed by atoms with Crippen LogP contribution in [0.1, 0.15) is 39.5 Å². The molecule has 0 aromatic heterocycles. The second kappa shape index (κ2) is 6.55. The molecule has 2 unspecified atom stereocenters. The molecule has 106 valence electrons. The average Bonchev–Trinajstić information content (AvgIpc) is 2.29. The van der Waals surface area contributed by atoms with Crippen molar-refractivity contribution in [1.82, 2.24) is 4.90 Å². The highest BCUT2D eigenvalue weighted by Crippen LogP contribution is 2.29. The number of nitrogens with zero attached hydrogens (tertiary/aromatic N) is 1. The number of ketones is 1. The zero-order chi connectivity index (χ0) is 13.8. The lowest BCUT2D eigenvalue weighted by molar-refractivity contribution is -0.149. The minimum atomic E-state index is -4.18. The van der Waals surface area contributed by atoms with Crippen LogP contribution in [0.25, 0.3) is 0 Å². The van der Waals surface area contributed by atoms with Gasteiger partial charge in [-0.15, -0.1) is 0 Å². The second-order valence-corrected chi connectivity index (χ2v) is 5.15. The zero-order valence-corrected chi connectivity index (χ0v) is 11.1. The normalized spacial score (nSPS) is 25.8. The fraction of sp³-hybridized carbons (Fsp3) is 0.923. The number of halogens is 3. The van der Waals surface area contributed by atoms with E-state index in [1.807, 2.05) is 0 Å². The van der Waals surface area contributed by atoms with E-state index < -0.39 is 12.7 Å². The fourth-order valence-electron chi connectivity index (χ4n) is 2.62. The lowest BCUT2D eigenvalue weighted by atomic mass is 9.79. The van der Waals surface area contributed by atoms with Gasteiger partial charge in [-0.3, -0.25) is 9.69 Å². The Kier molecular flexibility index (Phi) is 5.63. The van der Waals surface area contributed by atoms with Crippen LogP contribution in [-0.4, -0.2) is 36.5 Å². The molecule has 2 atom stereocenters.